The van der Waals surface area contributed by atoms with Gasteiger partial charge in [-0.1, -0.05) is 6.58 Å². The van der Waals surface area contributed by atoms with Crippen molar-refractivity contribution >= 4 is 18.2 Å². The quantitative estimate of drug-likeness (QED) is 0.180. The van der Waals surface area contributed by atoms with Crippen LogP contribution in [0.1, 0.15) is 13.8 Å². The molecule has 0 unspecified atom stereocenters. The lowest BCUT2D eigenvalue weighted by molar-refractivity contribution is -0.131. The zero-order valence-electron chi connectivity index (χ0n) is 17.6. The molecule has 0 fully saturated rings. The van der Waals surface area contributed by atoms with E-state index in [9.17, 15) is 14.4 Å². The van der Waals surface area contributed by atoms with E-state index in [4.69, 9.17) is 29.5 Å². The van der Waals surface area contributed by atoms with Gasteiger partial charge in [0.25, 0.3) is 0 Å². The third-order valence-corrected chi connectivity index (χ3v) is 1.96. The Morgan fingerprint density at radius 1 is 0.767 bits per heavy atom. The van der Waals surface area contributed by atoms with Crippen molar-refractivity contribution in [3.05, 3.63) is 12.7 Å². The third kappa shape index (κ3) is 63.7. The highest BCUT2D eigenvalue weighted by atomic mass is 16.6. The third-order valence-electron chi connectivity index (χ3n) is 1.96. The molecule has 0 saturated heterocycles. The zero-order chi connectivity index (χ0) is 24.0. The van der Waals surface area contributed by atoms with E-state index in [1.165, 1.54) is 0 Å². The number of aliphatic carboxylic acids is 1. The molecule has 0 heterocycles. The molecule has 13 nitrogen and oxygen atoms in total. The Morgan fingerprint density at radius 3 is 1.17 bits per heavy atom. The zero-order valence-corrected chi connectivity index (χ0v) is 17.6. The second-order valence-corrected chi connectivity index (χ2v) is 4.33. The van der Waals surface area contributed by atoms with E-state index in [-0.39, 0.29) is 13.2 Å². The minimum atomic E-state index is -0.981. The summed E-state index contributed by atoms with van der Waals surface area (Å²) in [5.74, 6) is -0.981. The monoisotopic (exact) mass is 444 g/mol. The summed E-state index contributed by atoms with van der Waals surface area (Å²) in [4.78, 5) is 28.4. The average molecular weight is 444 g/mol. The summed E-state index contributed by atoms with van der Waals surface area (Å²) in [7, 11) is 0. The maximum Gasteiger partial charge on any atom is 0.404 e. The number of carboxylic acids is 1. The normalized spacial score (nSPS) is 8.67. The molecular weight excluding hydrogens is 408 g/mol. The largest absolute Gasteiger partial charge is 0.478 e. The second kappa shape index (κ2) is 34.1. The van der Waals surface area contributed by atoms with Gasteiger partial charge in [0.15, 0.2) is 0 Å². The Kier molecular flexibility index (Phi) is 39.8. The first kappa shape index (κ1) is 35.0. The van der Waals surface area contributed by atoms with Crippen LogP contribution in [-0.2, 0) is 28.5 Å². The van der Waals surface area contributed by atoms with Crippen molar-refractivity contribution < 1.29 is 53.4 Å². The Hall–Kier alpha value is -2.45. The fraction of sp³-hybridized carbons (Fsp3) is 0.706. The molecule has 0 aliphatic rings. The van der Waals surface area contributed by atoms with Crippen LogP contribution in [0.15, 0.2) is 12.7 Å². The molecule has 0 spiro atoms. The van der Waals surface area contributed by atoms with E-state index >= 15 is 0 Å². The van der Waals surface area contributed by atoms with Gasteiger partial charge in [0.2, 0.25) is 0 Å². The van der Waals surface area contributed by atoms with Crippen LogP contribution >= 0.6 is 0 Å². The van der Waals surface area contributed by atoms with Crippen LogP contribution < -0.4 is 11.5 Å². The minimum Gasteiger partial charge on any atom is -0.478 e. The van der Waals surface area contributed by atoms with Crippen molar-refractivity contribution in [1.29, 1.82) is 0 Å². The second-order valence-electron chi connectivity index (χ2n) is 4.33. The first-order valence-corrected chi connectivity index (χ1v) is 8.87. The number of nitrogens with two attached hydrogens (primary N) is 2. The molecule has 180 valence electrons. The highest BCUT2D eigenvalue weighted by molar-refractivity contribution is 5.78. The summed E-state index contributed by atoms with van der Waals surface area (Å²) in [6.07, 6.45) is -0.588. The van der Waals surface area contributed by atoms with Gasteiger partial charge in [-0.05, 0) is 13.8 Å². The number of rotatable bonds is 13. The van der Waals surface area contributed by atoms with E-state index in [1.54, 1.807) is 13.8 Å². The van der Waals surface area contributed by atoms with Crippen LogP contribution in [0.3, 0.4) is 0 Å². The number of amides is 2. The van der Waals surface area contributed by atoms with E-state index in [1.807, 2.05) is 0 Å². The minimum absolute atomic E-state index is 0.0413. The summed E-state index contributed by atoms with van der Waals surface area (Å²) in [5.41, 5.74) is 9.08. The smallest absolute Gasteiger partial charge is 0.404 e. The summed E-state index contributed by atoms with van der Waals surface area (Å²) in [6.45, 7) is 9.84. The molecule has 7 N–H and O–H groups in total. The molecule has 0 saturated carbocycles. The predicted molar refractivity (Wildman–Crippen MR) is 107 cm³/mol. The van der Waals surface area contributed by atoms with Crippen molar-refractivity contribution in [2.75, 3.05) is 66.1 Å². The molecule has 0 rings (SSSR count). The number of carboxylic acid groups (broad SMARTS) is 1. The number of ether oxygens (including phenoxy) is 5. The maximum absolute atomic E-state index is 9.60. The molecule has 0 radical (unpaired) electrons. The molecule has 0 atom stereocenters. The van der Waals surface area contributed by atoms with Gasteiger partial charge in [-0.25, -0.2) is 14.4 Å². The van der Waals surface area contributed by atoms with Gasteiger partial charge >= 0.3 is 18.2 Å². The van der Waals surface area contributed by atoms with Crippen LogP contribution in [0, 0.1) is 0 Å². The Labute approximate surface area is 176 Å². The number of aliphatic hydroxyl groups excluding tert-OH is 2. The van der Waals surface area contributed by atoms with Gasteiger partial charge in [0, 0.05) is 6.08 Å². The number of hydrogen-bond donors (Lipinski definition) is 5. The summed E-state index contributed by atoms with van der Waals surface area (Å²) < 4.78 is 23.4. The van der Waals surface area contributed by atoms with E-state index in [2.05, 4.69) is 27.5 Å². The summed E-state index contributed by atoms with van der Waals surface area (Å²) in [6, 6.07) is 0. The lowest BCUT2D eigenvalue weighted by Crippen LogP contribution is -2.11. The molecular formula is C17H36N2O11. The molecule has 0 aromatic heterocycles. The van der Waals surface area contributed by atoms with Crippen molar-refractivity contribution in [3.63, 3.8) is 0 Å². The highest BCUT2D eigenvalue weighted by Crippen LogP contribution is 1.80. The maximum atomic E-state index is 9.60. The van der Waals surface area contributed by atoms with E-state index < -0.39 is 18.2 Å². The molecule has 0 bridgehead atoms. The molecule has 30 heavy (non-hydrogen) atoms. The fourth-order valence-electron chi connectivity index (χ4n) is 0.956. The van der Waals surface area contributed by atoms with Crippen LogP contribution in [0.25, 0.3) is 0 Å². The van der Waals surface area contributed by atoms with Crippen molar-refractivity contribution in [2.45, 2.75) is 13.8 Å². The topological polar surface area (TPSA) is 210 Å². The van der Waals surface area contributed by atoms with Crippen LogP contribution in [0.4, 0.5) is 9.59 Å². The lowest BCUT2D eigenvalue weighted by Gasteiger charge is -2.04. The van der Waals surface area contributed by atoms with Crippen LogP contribution in [0.2, 0.25) is 0 Å². The number of primary amides is 2. The van der Waals surface area contributed by atoms with Crippen molar-refractivity contribution in [3.8, 4) is 0 Å². The fourth-order valence-corrected chi connectivity index (χ4v) is 0.956. The molecule has 0 aromatic rings. The molecule has 0 aliphatic heterocycles. The Bertz CT molecular complexity index is 370. The van der Waals surface area contributed by atoms with Crippen molar-refractivity contribution in [1.82, 2.24) is 0 Å². The average Bonchev–Trinajstić information content (AvgIpc) is 2.68. The van der Waals surface area contributed by atoms with Crippen LogP contribution in [0.5, 0.6) is 0 Å². The van der Waals surface area contributed by atoms with Gasteiger partial charge in [-0.15, -0.1) is 0 Å². The molecule has 2 amide bonds. The predicted octanol–water partition coefficient (Wildman–Crippen LogP) is -0.519. The van der Waals surface area contributed by atoms with E-state index in [0.717, 1.165) is 6.08 Å². The Morgan fingerprint density at radius 2 is 1.03 bits per heavy atom. The Balaban J connectivity index is -0.000000167. The van der Waals surface area contributed by atoms with Gasteiger partial charge in [-0.3, -0.25) is 0 Å². The van der Waals surface area contributed by atoms with Gasteiger partial charge in [-0.2, -0.15) is 0 Å². The summed E-state index contributed by atoms with van der Waals surface area (Å²) in [5, 5.41) is 24.3. The summed E-state index contributed by atoms with van der Waals surface area (Å²) >= 11 is 0. The van der Waals surface area contributed by atoms with Gasteiger partial charge < -0.3 is 50.5 Å². The highest BCUT2D eigenvalue weighted by Gasteiger charge is 1.90. The molecule has 0 aliphatic carbocycles. The van der Waals surface area contributed by atoms with Gasteiger partial charge in [0.05, 0.1) is 66.1 Å². The van der Waals surface area contributed by atoms with Gasteiger partial charge in [0.1, 0.15) is 0 Å². The van der Waals surface area contributed by atoms with Crippen molar-refractivity contribution in [2.24, 2.45) is 11.5 Å². The molecule has 13 heteroatoms. The van der Waals surface area contributed by atoms with E-state index in [0.29, 0.717) is 52.9 Å². The first-order chi connectivity index (χ1) is 14.2. The molecule has 0 aromatic carbocycles. The number of hydrogen-bond acceptors (Lipinski definition) is 10. The van der Waals surface area contributed by atoms with Crippen LogP contribution in [-0.4, -0.2) is 99.5 Å². The number of carbonyl (C=O) groups is 3. The number of aliphatic hydroxyl groups is 2. The SMILES string of the molecule is C=CC(=O)O.CCOC(N)=O.CCOC(N)=O.OCCOCCOCCOCCO. The number of carbonyl (C=O) groups excluding carboxylic acids is 2. The lowest BCUT2D eigenvalue weighted by atomic mass is 10.7. The standard InChI is InChI=1S/C8H18O5.2C3H7NO2.C3H4O2/c9-1-3-11-5-7-13-8-6-12-4-2-10;2*1-2-6-3(4)5;1-2-3(4)5/h9-10H,1-8H2;2*2H2,1H3,(H2,4,5);2H,1H2,(H,4,5). The first-order valence-electron chi connectivity index (χ1n) is 8.87.